The van der Waals surface area contributed by atoms with Crippen molar-refractivity contribution < 1.29 is 4.79 Å². The monoisotopic (exact) mass is 325 g/mol. The number of benzene rings is 1. The highest BCUT2D eigenvalue weighted by molar-refractivity contribution is 5.78. The Morgan fingerprint density at radius 3 is 2.83 bits per heavy atom. The minimum Gasteiger partial charge on any atom is -0.372 e. The van der Waals surface area contributed by atoms with E-state index in [0.29, 0.717) is 19.6 Å². The van der Waals surface area contributed by atoms with Gasteiger partial charge in [0.05, 0.1) is 12.2 Å². The highest BCUT2D eigenvalue weighted by atomic mass is 16.2. The molecule has 0 spiro atoms. The summed E-state index contributed by atoms with van der Waals surface area (Å²) in [6, 6.07) is 12.2. The predicted molar refractivity (Wildman–Crippen MR) is 93.5 cm³/mol. The fraction of sp³-hybridized carbons (Fsp3) is 0.389. The van der Waals surface area contributed by atoms with E-state index in [2.05, 4.69) is 32.5 Å². The van der Waals surface area contributed by atoms with E-state index in [1.165, 1.54) is 5.56 Å². The summed E-state index contributed by atoms with van der Waals surface area (Å²) in [4.78, 5) is 16.6. The Labute approximate surface area is 142 Å². The van der Waals surface area contributed by atoms with Gasteiger partial charge < -0.3 is 10.2 Å². The van der Waals surface area contributed by atoms with Gasteiger partial charge in [-0.1, -0.05) is 30.3 Å². The number of carbonyl (C=O) groups excluding carboxylic acids is 1. The number of amides is 1. The number of nitrogens with one attached hydrogen (secondary N) is 1. The van der Waals surface area contributed by atoms with E-state index in [9.17, 15) is 4.79 Å². The van der Waals surface area contributed by atoms with Crippen molar-refractivity contribution in [3.05, 3.63) is 53.2 Å². The van der Waals surface area contributed by atoms with Crippen molar-refractivity contribution in [2.45, 2.75) is 19.5 Å². The maximum Gasteiger partial charge on any atom is 0.237 e. The molecule has 0 bridgehead atoms. The Morgan fingerprint density at radius 2 is 2.08 bits per heavy atom. The van der Waals surface area contributed by atoms with Gasteiger partial charge in [0.1, 0.15) is 5.82 Å². The molecular weight excluding hydrogens is 302 g/mol. The Kier molecular flexibility index (Phi) is 5.05. The quantitative estimate of drug-likeness (QED) is 0.903. The molecule has 2 aromatic rings. The molecule has 126 valence electrons. The standard InChI is InChI=1S/C18H23N5O/c1-19-17-10-15-12-23(9-8-16(15)20-21-17)18(24)13-22(2)11-14-6-4-3-5-7-14/h3-7,10H,8-9,11-13H2,1-2H3,(H,19,21). The van der Waals surface area contributed by atoms with Gasteiger partial charge in [0, 0.05) is 33.1 Å². The zero-order valence-corrected chi connectivity index (χ0v) is 14.2. The van der Waals surface area contributed by atoms with Crippen LogP contribution in [-0.2, 0) is 24.3 Å². The maximum atomic E-state index is 12.6. The summed E-state index contributed by atoms with van der Waals surface area (Å²) in [7, 11) is 3.80. The number of carbonyl (C=O) groups is 1. The molecule has 24 heavy (non-hydrogen) atoms. The molecule has 0 radical (unpaired) electrons. The van der Waals surface area contributed by atoms with Crippen LogP contribution in [0, 0.1) is 0 Å². The largest absolute Gasteiger partial charge is 0.372 e. The van der Waals surface area contributed by atoms with Gasteiger partial charge in [-0.2, -0.15) is 5.10 Å². The summed E-state index contributed by atoms with van der Waals surface area (Å²) in [6.07, 6.45) is 0.764. The Hall–Kier alpha value is -2.47. The van der Waals surface area contributed by atoms with E-state index in [-0.39, 0.29) is 5.91 Å². The molecule has 1 N–H and O–H groups in total. The molecular formula is C18H23N5O. The number of rotatable bonds is 5. The zero-order chi connectivity index (χ0) is 16.9. The number of anilines is 1. The summed E-state index contributed by atoms with van der Waals surface area (Å²) in [6.45, 7) is 2.50. The lowest BCUT2D eigenvalue weighted by molar-refractivity contribution is -0.133. The van der Waals surface area contributed by atoms with Gasteiger partial charge >= 0.3 is 0 Å². The summed E-state index contributed by atoms with van der Waals surface area (Å²) >= 11 is 0. The normalized spacial score (nSPS) is 13.7. The molecule has 6 nitrogen and oxygen atoms in total. The lowest BCUT2D eigenvalue weighted by atomic mass is 10.1. The van der Waals surface area contributed by atoms with Crippen molar-refractivity contribution in [1.29, 1.82) is 0 Å². The first-order chi connectivity index (χ1) is 11.7. The van der Waals surface area contributed by atoms with Crippen LogP contribution in [0.1, 0.15) is 16.8 Å². The number of likely N-dealkylation sites (N-methyl/N-ethyl adjacent to an activating group) is 1. The second kappa shape index (κ2) is 7.40. The molecule has 2 heterocycles. The van der Waals surface area contributed by atoms with Crippen LogP contribution in [0.5, 0.6) is 0 Å². The van der Waals surface area contributed by atoms with Crippen molar-refractivity contribution in [3.8, 4) is 0 Å². The third kappa shape index (κ3) is 3.89. The molecule has 1 aliphatic heterocycles. The average molecular weight is 325 g/mol. The molecule has 0 saturated carbocycles. The summed E-state index contributed by atoms with van der Waals surface area (Å²) in [5.41, 5.74) is 3.29. The van der Waals surface area contributed by atoms with Crippen LogP contribution < -0.4 is 5.32 Å². The van der Waals surface area contributed by atoms with E-state index in [1.54, 1.807) is 0 Å². The molecule has 0 atom stereocenters. The maximum absolute atomic E-state index is 12.6. The second-order valence-electron chi connectivity index (χ2n) is 6.17. The number of hydrogen-bond donors (Lipinski definition) is 1. The third-order valence-corrected chi connectivity index (χ3v) is 4.25. The Morgan fingerprint density at radius 1 is 1.29 bits per heavy atom. The first-order valence-electron chi connectivity index (χ1n) is 8.19. The fourth-order valence-electron chi connectivity index (χ4n) is 2.95. The van der Waals surface area contributed by atoms with Crippen molar-refractivity contribution in [1.82, 2.24) is 20.0 Å². The molecule has 0 aliphatic carbocycles. The van der Waals surface area contributed by atoms with Gasteiger partial charge in [0.2, 0.25) is 5.91 Å². The van der Waals surface area contributed by atoms with E-state index in [0.717, 1.165) is 30.0 Å². The van der Waals surface area contributed by atoms with E-state index >= 15 is 0 Å². The van der Waals surface area contributed by atoms with Crippen LogP contribution in [0.2, 0.25) is 0 Å². The topological polar surface area (TPSA) is 61.4 Å². The van der Waals surface area contributed by atoms with Gasteiger partial charge in [0.25, 0.3) is 0 Å². The fourth-order valence-corrected chi connectivity index (χ4v) is 2.95. The number of nitrogens with zero attached hydrogens (tertiary/aromatic N) is 4. The Balaban J connectivity index is 1.59. The second-order valence-corrected chi connectivity index (χ2v) is 6.17. The van der Waals surface area contributed by atoms with Gasteiger partial charge in [-0.05, 0) is 24.2 Å². The van der Waals surface area contributed by atoms with Gasteiger partial charge in [-0.25, -0.2) is 0 Å². The van der Waals surface area contributed by atoms with Crippen LogP contribution in [0.25, 0.3) is 0 Å². The van der Waals surface area contributed by atoms with Gasteiger partial charge in [-0.15, -0.1) is 5.10 Å². The first kappa shape index (κ1) is 16.4. The van der Waals surface area contributed by atoms with Crippen LogP contribution in [0.3, 0.4) is 0 Å². The van der Waals surface area contributed by atoms with Crippen LogP contribution in [-0.4, -0.2) is 53.1 Å². The zero-order valence-electron chi connectivity index (χ0n) is 14.2. The average Bonchev–Trinajstić information content (AvgIpc) is 2.61. The van der Waals surface area contributed by atoms with Crippen molar-refractivity contribution in [2.24, 2.45) is 0 Å². The first-order valence-corrected chi connectivity index (χ1v) is 8.19. The summed E-state index contributed by atoms with van der Waals surface area (Å²) in [5, 5.41) is 11.3. The molecule has 0 fully saturated rings. The molecule has 1 aromatic heterocycles. The molecule has 3 rings (SSSR count). The number of fused-ring (bicyclic) bond motifs is 1. The lowest BCUT2D eigenvalue weighted by Gasteiger charge is -2.29. The highest BCUT2D eigenvalue weighted by Crippen LogP contribution is 2.19. The third-order valence-electron chi connectivity index (χ3n) is 4.25. The van der Waals surface area contributed by atoms with Gasteiger partial charge in [-0.3, -0.25) is 9.69 Å². The predicted octanol–water partition coefficient (Wildman–Crippen LogP) is 1.53. The minimum absolute atomic E-state index is 0.155. The van der Waals surface area contributed by atoms with E-state index in [1.807, 2.05) is 43.3 Å². The van der Waals surface area contributed by atoms with Crippen LogP contribution >= 0.6 is 0 Å². The summed E-state index contributed by atoms with van der Waals surface area (Å²) in [5.74, 6) is 0.895. The van der Waals surface area contributed by atoms with Crippen LogP contribution in [0.4, 0.5) is 5.82 Å². The van der Waals surface area contributed by atoms with Crippen molar-refractivity contribution in [3.63, 3.8) is 0 Å². The van der Waals surface area contributed by atoms with Crippen molar-refractivity contribution in [2.75, 3.05) is 32.5 Å². The molecule has 1 aliphatic rings. The van der Waals surface area contributed by atoms with E-state index in [4.69, 9.17) is 0 Å². The smallest absolute Gasteiger partial charge is 0.237 e. The SMILES string of the molecule is CNc1cc2c(nn1)CCN(C(=O)CN(C)Cc1ccccc1)C2. The molecule has 0 saturated heterocycles. The molecule has 1 amide bonds. The minimum atomic E-state index is 0.155. The Bertz CT molecular complexity index is 704. The van der Waals surface area contributed by atoms with Gasteiger partial charge in [0.15, 0.2) is 0 Å². The molecule has 0 unspecified atom stereocenters. The van der Waals surface area contributed by atoms with Crippen molar-refractivity contribution >= 4 is 11.7 Å². The summed E-state index contributed by atoms with van der Waals surface area (Å²) < 4.78 is 0. The van der Waals surface area contributed by atoms with E-state index < -0.39 is 0 Å². The number of aromatic nitrogens is 2. The lowest BCUT2D eigenvalue weighted by Crippen LogP contribution is -2.41. The van der Waals surface area contributed by atoms with Crippen LogP contribution in [0.15, 0.2) is 36.4 Å². The highest BCUT2D eigenvalue weighted by Gasteiger charge is 2.23. The molecule has 6 heteroatoms. The molecule has 1 aromatic carbocycles. The number of hydrogen-bond acceptors (Lipinski definition) is 5.